The van der Waals surface area contributed by atoms with Crippen LogP contribution >= 0.6 is 0 Å². The lowest BCUT2D eigenvalue weighted by Gasteiger charge is -2.20. The van der Waals surface area contributed by atoms with Crippen LogP contribution in [0.2, 0.25) is 0 Å². The lowest BCUT2D eigenvalue weighted by molar-refractivity contribution is 0.953. The topological polar surface area (TPSA) is 14.8 Å². The molecule has 7 aromatic rings. The van der Waals surface area contributed by atoms with Gasteiger partial charge >= 0.3 is 0 Å². The third-order valence-electron chi connectivity index (χ3n) is 28.5. The van der Waals surface area contributed by atoms with Gasteiger partial charge in [-0.15, -0.1) is 0 Å². The number of aromatic nitrogens is 3. The van der Waals surface area contributed by atoms with Crippen molar-refractivity contribution in [2.45, 2.75) is 133 Å². The molecule has 0 N–H and O–H groups in total. The summed E-state index contributed by atoms with van der Waals surface area (Å²) in [4.78, 5) is 0. The summed E-state index contributed by atoms with van der Waals surface area (Å²) in [7, 11) is 0. The maximum atomic E-state index is 2.60. The first-order valence-corrected chi connectivity index (χ1v) is 36.6. The van der Waals surface area contributed by atoms with Gasteiger partial charge in [-0.2, -0.15) is 0 Å². The Morgan fingerprint density at radius 2 is 0.594 bits per heavy atom. The van der Waals surface area contributed by atoms with E-state index in [4.69, 9.17) is 0 Å². The third kappa shape index (κ3) is 5.16. The SMILES string of the molecule is C1=C2C3=C(C1)C1C4=CCC5=C4c4c1c3c1c3c4C5C4=CCC(=C43)C21.C1=CC2=C(C1)Cc1c2c2c(c3c1C1=C(CC=C1)C3)C1=C(CC=C1)C2.C1=CC2=C(C1)c1c(c3c(c4c1CC1=C4CC=C1)CC1=C3CC=C1)C2.c1cc2n(c1)-c1c3c(c4c(c1C2)-n1cccc1C4)-n1cccc1C3. The Morgan fingerprint density at radius 3 is 0.927 bits per heavy atom. The number of allylic oxidation sites excluding steroid dienone is 36. The summed E-state index contributed by atoms with van der Waals surface area (Å²) in [6.07, 6.45) is 63.9. The fourth-order valence-corrected chi connectivity index (χ4v) is 25.5. The van der Waals surface area contributed by atoms with Crippen LogP contribution in [0.15, 0.2) is 213 Å². The monoisotopic (exact) mass is 1220 g/mol. The van der Waals surface area contributed by atoms with Gasteiger partial charge in [-0.05, 0) is 333 Å². The van der Waals surface area contributed by atoms with E-state index in [9.17, 15) is 0 Å². The molecule has 6 heterocycles. The molecule has 0 fully saturated rings. The second-order valence-corrected chi connectivity index (χ2v) is 32.0. The summed E-state index contributed by atoms with van der Waals surface area (Å²) in [5, 5.41) is 0. The Morgan fingerprint density at radius 1 is 0.281 bits per heavy atom. The Kier molecular flexibility index (Phi) is 8.09. The largest absolute Gasteiger partial charge is 0.320 e. The molecule has 31 rings (SSSR count). The maximum absolute atomic E-state index is 2.60. The molecule has 3 atom stereocenters. The Balaban J connectivity index is 0.0000000725. The molecule has 0 spiro atoms. The smallest absolute Gasteiger partial charge is 0.0566 e. The molecule has 0 saturated heterocycles. The third-order valence-corrected chi connectivity index (χ3v) is 28.5. The summed E-state index contributed by atoms with van der Waals surface area (Å²) >= 11 is 0. The fraction of sp³-hybridized carbons (Fsp3) is 0.226. The van der Waals surface area contributed by atoms with Crippen molar-refractivity contribution >= 4 is 50.2 Å². The minimum atomic E-state index is 0.649. The van der Waals surface area contributed by atoms with E-state index in [1.165, 1.54) is 128 Å². The Hall–Kier alpha value is -9.96. The normalized spacial score (nSPS) is 24.6. The molecule has 0 bridgehead atoms. The molecule has 21 aliphatic carbocycles. The second-order valence-electron chi connectivity index (χ2n) is 32.0. The lowest BCUT2D eigenvalue weighted by Crippen LogP contribution is -2.05. The van der Waals surface area contributed by atoms with Gasteiger partial charge in [-0.3, -0.25) is 0 Å². The van der Waals surface area contributed by atoms with Gasteiger partial charge in [0.1, 0.15) is 0 Å². The van der Waals surface area contributed by atoms with Crippen molar-refractivity contribution in [1.29, 1.82) is 0 Å². The highest BCUT2D eigenvalue weighted by atomic mass is 15.1. The Bertz CT molecular complexity index is 5460. The first kappa shape index (κ1) is 48.7. The lowest BCUT2D eigenvalue weighted by atomic mass is 9.83. The zero-order chi connectivity index (χ0) is 60.9. The van der Waals surface area contributed by atoms with Crippen LogP contribution in [0.1, 0.15) is 209 Å². The standard InChI is InChI=1S/C24H12.2C24H18.C21H15N3/c1-2-8-13-7(1)16-9-3-4-11-14(9)20-22(16)19(13)23-17(8)10-5-6-12-15(10)21(23)24(20)18(11)12;2*1-4-13-10-19-22(16(13)7-1)20-11-14-5-2-9-18(14)24(20)21-12-15-6-3-8-17(15)23(19)21;1-4-13-10-16-19(22(13)7-1)17-11-14-5-2-9-24(14)21(17)18-12-15-6-3-8-23(15)20(16)18/h1,4-5,16-18H,2-3,6H2;1-3,7-9H,4-6,10-12H2;1-6H,7-12H2;1-9H,10-12H2. The molecule has 3 nitrogen and oxygen atoms in total. The number of hydrogen-bond donors (Lipinski definition) is 0. The molecular formula is C93H63N3. The van der Waals surface area contributed by atoms with Crippen molar-refractivity contribution in [3.05, 3.63) is 347 Å². The zero-order valence-electron chi connectivity index (χ0n) is 53.7. The molecular weight excluding hydrogens is 1160 g/mol. The first-order chi connectivity index (χ1) is 47.6. The molecule has 0 amide bonds. The summed E-state index contributed by atoms with van der Waals surface area (Å²) in [5.74, 6) is 1.95. The molecule has 450 valence electrons. The Labute approximate surface area is 557 Å². The van der Waals surface area contributed by atoms with E-state index in [0.717, 1.165) is 38.5 Å². The molecule has 4 aromatic carbocycles. The number of hydrogen-bond acceptors (Lipinski definition) is 0. The molecule has 3 heteroatoms. The van der Waals surface area contributed by atoms with Gasteiger partial charge in [0, 0.05) is 89.4 Å². The number of nitrogens with zero attached hydrogens (tertiary/aromatic N) is 3. The molecule has 0 radical (unpaired) electrons. The van der Waals surface area contributed by atoms with Crippen LogP contribution in [0.3, 0.4) is 0 Å². The predicted molar refractivity (Wildman–Crippen MR) is 386 cm³/mol. The van der Waals surface area contributed by atoms with Gasteiger partial charge in [0.15, 0.2) is 0 Å². The van der Waals surface area contributed by atoms with Crippen molar-refractivity contribution in [1.82, 2.24) is 13.7 Å². The number of rotatable bonds is 0. The van der Waals surface area contributed by atoms with E-state index in [1.807, 2.05) is 0 Å². The number of benzene rings is 4. The van der Waals surface area contributed by atoms with Crippen molar-refractivity contribution in [2.24, 2.45) is 0 Å². The van der Waals surface area contributed by atoms with Gasteiger partial charge < -0.3 is 13.7 Å². The maximum Gasteiger partial charge on any atom is 0.0566 e. The van der Waals surface area contributed by atoms with E-state index in [1.54, 1.807) is 217 Å². The van der Waals surface area contributed by atoms with E-state index < -0.39 is 0 Å². The average molecular weight is 1220 g/mol. The average Bonchev–Trinajstić information content (AvgIpc) is 1.45. The highest BCUT2D eigenvalue weighted by molar-refractivity contribution is 6.18. The summed E-state index contributed by atoms with van der Waals surface area (Å²) in [6.45, 7) is 0. The predicted octanol–water partition coefficient (Wildman–Crippen LogP) is 20.0. The molecule has 24 aliphatic rings. The van der Waals surface area contributed by atoms with Gasteiger partial charge in [0.2, 0.25) is 0 Å². The van der Waals surface area contributed by atoms with Crippen molar-refractivity contribution in [2.75, 3.05) is 0 Å². The van der Waals surface area contributed by atoms with E-state index in [-0.39, 0.29) is 0 Å². The van der Waals surface area contributed by atoms with Gasteiger partial charge in [0.25, 0.3) is 0 Å². The zero-order valence-corrected chi connectivity index (χ0v) is 53.7. The molecule has 0 saturated carbocycles. The van der Waals surface area contributed by atoms with Gasteiger partial charge in [-0.1, -0.05) is 108 Å². The van der Waals surface area contributed by atoms with Crippen LogP contribution < -0.4 is 0 Å². The highest BCUT2D eigenvalue weighted by Gasteiger charge is 2.63. The van der Waals surface area contributed by atoms with Gasteiger partial charge in [-0.25, -0.2) is 0 Å². The minimum absolute atomic E-state index is 0.649. The van der Waals surface area contributed by atoms with Crippen LogP contribution in [0.4, 0.5) is 0 Å². The van der Waals surface area contributed by atoms with Crippen LogP contribution in [-0.2, 0) is 57.8 Å². The van der Waals surface area contributed by atoms with Crippen LogP contribution in [-0.4, -0.2) is 13.7 Å². The minimum Gasteiger partial charge on any atom is -0.320 e. The van der Waals surface area contributed by atoms with Crippen LogP contribution in [0, 0.1) is 0 Å². The molecule has 3 aliphatic heterocycles. The number of fused-ring (bicyclic) bond motifs is 36. The summed E-state index contributed by atoms with van der Waals surface area (Å²) < 4.78 is 7.26. The van der Waals surface area contributed by atoms with Gasteiger partial charge in [0.05, 0.1) is 17.1 Å². The molecule has 96 heavy (non-hydrogen) atoms. The highest BCUT2D eigenvalue weighted by Crippen LogP contribution is 2.80. The van der Waals surface area contributed by atoms with Crippen LogP contribution in [0.5, 0.6) is 0 Å². The molecule has 3 unspecified atom stereocenters. The summed E-state index contributed by atoms with van der Waals surface area (Å²) in [5.41, 5.74) is 78.6. The quantitative estimate of drug-likeness (QED) is 0.144. The fourth-order valence-electron chi connectivity index (χ4n) is 25.5. The van der Waals surface area contributed by atoms with E-state index in [2.05, 4.69) is 160 Å². The van der Waals surface area contributed by atoms with Crippen LogP contribution in [0.25, 0.3) is 67.2 Å². The summed E-state index contributed by atoms with van der Waals surface area (Å²) in [6, 6.07) is 13.3. The van der Waals surface area contributed by atoms with E-state index >= 15 is 0 Å². The van der Waals surface area contributed by atoms with Crippen molar-refractivity contribution < 1.29 is 0 Å². The second kappa shape index (κ2) is 16.0. The van der Waals surface area contributed by atoms with E-state index in [0.29, 0.717) is 17.8 Å². The first-order valence-electron chi connectivity index (χ1n) is 36.6. The van der Waals surface area contributed by atoms with Crippen molar-refractivity contribution in [3.8, 4) is 17.1 Å². The van der Waals surface area contributed by atoms with Crippen molar-refractivity contribution in [3.63, 3.8) is 0 Å². The molecule has 3 aromatic heterocycles.